The zero-order chi connectivity index (χ0) is 25.4. The highest BCUT2D eigenvalue weighted by Crippen LogP contribution is 2.33. The van der Waals surface area contributed by atoms with Crippen LogP contribution in [0.5, 0.6) is 0 Å². The van der Waals surface area contributed by atoms with E-state index in [2.05, 4.69) is 21.5 Å². The SMILES string of the molecule is CS(=O)(=O)c1cccc(-c2c(C#N)cc3cc(CC4(CCC(O)C(F)(F)F)C=NN=N4)ccn23)c1. The molecule has 35 heavy (non-hydrogen) atoms. The molecule has 182 valence electrons. The van der Waals surface area contributed by atoms with Crippen LogP contribution < -0.4 is 0 Å². The van der Waals surface area contributed by atoms with Crippen molar-refractivity contribution >= 4 is 21.6 Å². The Labute approximate surface area is 199 Å². The molecule has 3 heterocycles. The van der Waals surface area contributed by atoms with Crippen LogP contribution in [0.4, 0.5) is 13.2 Å². The first-order valence-corrected chi connectivity index (χ1v) is 12.4. The highest BCUT2D eigenvalue weighted by atomic mass is 32.2. The van der Waals surface area contributed by atoms with Crippen LogP contribution in [0.2, 0.25) is 0 Å². The van der Waals surface area contributed by atoms with Crippen molar-refractivity contribution < 1.29 is 26.7 Å². The van der Waals surface area contributed by atoms with Crippen molar-refractivity contribution in [1.82, 2.24) is 4.40 Å². The molecule has 4 rings (SSSR count). The predicted octanol–water partition coefficient (Wildman–Crippen LogP) is 4.32. The standard InChI is InChI=1S/C23H20F3N5O3S/c1-35(33,34)19-4-2-3-16(11-19)21-17(13-27)10-18-9-15(6-8-31(18)21)12-22(14-28-30-29-22)7-5-20(32)23(24,25)26/h2-4,6,8-11,14,20,32H,5,7,12H2,1H3. The fourth-order valence-corrected chi connectivity index (χ4v) is 4.72. The van der Waals surface area contributed by atoms with Crippen LogP contribution in [0.1, 0.15) is 24.0 Å². The van der Waals surface area contributed by atoms with Crippen molar-refractivity contribution in [3.63, 3.8) is 0 Å². The predicted molar refractivity (Wildman–Crippen MR) is 122 cm³/mol. The molecule has 1 aliphatic heterocycles. The van der Waals surface area contributed by atoms with Gasteiger partial charge in [0.05, 0.1) is 22.4 Å². The summed E-state index contributed by atoms with van der Waals surface area (Å²) in [7, 11) is -3.45. The number of fused-ring (bicyclic) bond motifs is 1. The van der Waals surface area contributed by atoms with E-state index in [1.807, 2.05) is 0 Å². The number of benzene rings is 1. The summed E-state index contributed by atoms with van der Waals surface area (Å²) in [6, 6.07) is 13.6. The first kappa shape index (κ1) is 24.6. The molecule has 2 unspecified atom stereocenters. The average molecular weight is 504 g/mol. The van der Waals surface area contributed by atoms with E-state index in [1.54, 1.807) is 40.9 Å². The van der Waals surface area contributed by atoms with E-state index < -0.39 is 34.1 Å². The van der Waals surface area contributed by atoms with E-state index in [0.29, 0.717) is 27.9 Å². The third-order valence-corrected chi connectivity index (χ3v) is 6.94. The number of alkyl halides is 3. The number of sulfone groups is 1. The second-order valence-electron chi connectivity index (χ2n) is 8.46. The Bertz CT molecular complexity index is 1470. The number of halogens is 3. The Kier molecular flexibility index (Phi) is 6.25. The van der Waals surface area contributed by atoms with Crippen molar-refractivity contribution in [3.8, 4) is 17.3 Å². The van der Waals surface area contributed by atoms with Crippen molar-refractivity contribution in [2.45, 2.75) is 42.0 Å². The lowest BCUT2D eigenvalue weighted by Crippen LogP contribution is -2.35. The molecule has 3 aromatic rings. The third-order valence-electron chi connectivity index (χ3n) is 5.83. The number of pyridine rings is 1. The molecule has 8 nitrogen and oxygen atoms in total. The Hall–Kier alpha value is -3.56. The summed E-state index contributed by atoms with van der Waals surface area (Å²) in [6.45, 7) is 0. The van der Waals surface area contributed by atoms with Gasteiger partial charge in [0.2, 0.25) is 0 Å². The second kappa shape index (κ2) is 8.90. The minimum Gasteiger partial charge on any atom is -0.384 e. The molecule has 0 saturated heterocycles. The number of nitrogens with zero attached hydrogens (tertiary/aromatic N) is 5. The zero-order valence-corrected chi connectivity index (χ0v) is 19.3. The first-order chi connectivity index (χ1) is 16.4. The topological polar surface area (TPSA) is 120 Å². The lowest BCUT2D eigenvalue weighted by Gasteiger charge is -2.23. The second-order valence-corrected chi connectivity index (χ2v) is 10.5. The van der Waals surface area contributed by atoms with Crippen LogP contribution in [0, 0.1) is 11.3 Å². The van der Waals surface area contributed by atoms with Gasteiger partial charge in [-0.1, -0.05) is 12.1 Å². The number of aliphatic hydroxyl groups excluding tert-OH is 1. The highest BCUT2D eigenvalue weighted by Gasteiger charge is 2.41. The molecule has 0 fully saturated rings. The number of aromatic nitrogens is 1. The van der Waals surface area contributed by atoms with Gasteiger partial charge in [-0.3, -0.25) is 0 Å². The van der Waals surface area contributed by atoms with Crippen LogP contribution in [0.3, 0.4) is 0 Å². The van der Waals surface area contributed by atoms with E-state index >= 15 is 0 Å². The molecule has 2 atom stereocenters. The molecule has 1 N–H and O–H groups in total. The average Bonchev–Trinajstić information content (AvgIpc) is 3.40. The number of aliphatic hydroxyl groups is 1. The minimum atomic E-state index is -4.72. The van der Waals surface area contributed by atoms with Crippen molar-refractivity contribution in [1.29, 1.82) is 5.26 Å². The molecule has 12 heteroatoms. The van der Waals surface area contributed by atoms with E-state index in [-0.39, 0.29) is 17.7 Å². The highest BCUT2D eigenvalue weighted by molar-refractivity contribution is 7.90. The number of hydrogen-bond donors (Lipinski definition) is 1. The van der Waals surface area contributed by atoms with Crippen molar-refractivity contribution in [2.24, 2.45) is 15.4 Å². The molecule has 0 amide bonds. The maximum Gasteiger partial charge on any atom is 0.414 e. The fraction of sp³-hybridized carbons (Fsp3) is 0.304. The van der Waals surface area contributed by atoms with Gasteiger partial charge in [0.25, 0.3) is 0 Å². The summed E-state index contributed by atoms with van der Waals surface area (Å²) in [5, 5.41) is 30.4. The molecule has 0 bridgehead atoms. The largest absolute Gasteiger partial charge is 0.414 e. The molecule has 0 saturated carbocycles. The summed E-state index contributed by atoms with van der Waals surface area (Å²) < 4.78 is 64.0. The normalized spacial score (nSPS) is 18.7. The molecular formula is C23H20F3N5O3S. The number of rotatable bonds is 7. The molecule has 1 aliphatic rings. The summed E-state index contributed by atoms with van der Waals surface area (Å²) in [6.07, 6.45) is -3.49. The van der Waals surface area contributed by atoms with E-state index in [0.717, 1.165) is 6.26 Å². The number of hydrogen-bond acceptors (Lipinski definition) is 7. The summed E-state index contributed by atoms with van der Waals surface area (Å²) in [5.74, 6) is 0. The van der Waals surface area contributed by atoms with Gasteiger partial charge < -0.3 is 9.51 Å². The molecule has 1 aromatic carbocycles. The van der Waals surface area contributed by atoms with E-state index in [4.69, 9.17) is 0 Å². The van der Waals surface area contributed by atoms with E-state index in [9.17, 15) is 32.0 Å². The van der Waals surface area contributed by atoms with Crippen molar-refractivity contribution in [3.05, 3.63) is 59.8 Å². The summed E-state index contributed by atoms with van der Waals surface area (Å²) in [5.41, 5.74) is 1.62. The Morgan fingerprint density at radius 3 is 2.63 bits per heavy atom. The quantitative estimate of drug-likeness (QED) is 0.516. The van der Waals surface area contributed by atoms with Gasteiger partial charge in [-0.25, -0.2) is 8.42 Å². The molecule has 0 aliphatic carbocycles. The lowest BCUT2D eigenvalue weighted by molar-refractivity contribution is -0.206. The zero-order valence-electron chi connectivity index (χ0n) is 18.4. The van der Waals surface area contributed by atoms with Crippen LogP contribution in [0.25, 0.3) is 16.8 Å². The summed E-state index contributed by atoms with van der Waals surface area (Å²) in [4.78, 5) is 0.124. The molecular weight excluding hydrogens is 483 g/mol. The van der Waals surface area contributed by atoms with Crippen LogP contribution in [-0.2, 0) is 16.3 Å². The first-order valence-electron chi connectivity index (χ1n) is 10.5. The van der Waals surface area contributed by atoms with Gasteiger partial charge >= 0.3 is 6.18 Å². The lowest BCUT2D eigenvalue weighted by atomic mass is 9.87. The Morgan fingerprint density at radius 1 is 1.23 bits per heavy atom. The van der Waals surface area contributed by atoms with Crippen LogP contribution in [-0.4, -0.2) is 48.2 Å². The van der Waals surface area contributed by atoms with Gasteiger partial charge in [0, 0.05) is 30.0 Å². The van der Waals surface area contributed by atoms with Gasteiger partial charge in [-0.05, 0) is 54.0 Å². The molecule has 2 aromatic heterocycles. The van der Waals surface area contributed by atoms with Gasteiger partial charge in [0.1, 0.15) is 17.7 Å². The van der Waals surface area contributed by atoms with Crippen LogP contribution >= 0.6 is 0 Å². The minimum absolute atomic E-state index is 0.111. The summed E-state index contributed by atoms with van der Waals surface area (Å²) >= 11 is 0. The maximum atomic E-state index is 12.8. The van der Waals surface area contributed by atoms with Crippen LogP contribution in [0.15, 0.2) is 69.0 Å². The van der Waals surface area contributed by atoms with Gasteiger partial charge in [-0.15, -0.1) is 5.10 Å². The van der Waals surface area contributed by atoms with Gasteiger partial charge in [-0.2, -0.15) is 23.5 Å². The Morgan fingerprint density at radius 2 is 2.00 bits per heavy atom. The fourth-order valence-electron chi connectivity index (χ4n) is 4.05. The van der Waals surface area contributed by atoms with Gasteiger partial charge in [0.15, 0.2) is 9.84 Å². The maximum absolute atomic E-state index is 12.8. The number of nitriles is 1. The van der Waals surface area contributed by atoms with E-state index in [1.165, 1.54) is 18.3 Å². The smallest absolute Gasteiger partial charge is 0.384 e. The van der Waals surface area contributed by atoms with Crippen molar-refractivity contribution in [2.75, 3.05) is 6.26 Å². The molecule has 0 spiro atoms. The Balaban J connectivity index is 1.68. The third kappa shape index (κ3) is 5.11. The monoisotopic (exact) mass is 503 g/mol. The molecule has 0 radical (unpaired) electrons.